The number of hydrogen-bond donors (Lipinski definition) is 3. The van der Waals surface area contributed by atoms with Crippen LogP contribution in [0.1, 0.15) is 6.92 Å². The van der Waals surface area contributed by atoms with E-state index in [-0.39, 0.29) is 24.5 Å². The molecule has 1 aliphatic heterocycles. The van der Waals surface area contributed by atoms with Gasteiger partial charge in [0.05, 0.1) is 6.61 Å². The van der Waals surface area contributed by atoms with Crippen molar-refractivity contribution in [1.29, 1.82) is 0 Å². The lowest BCUT2D eigenvalue weighted by Gasteiger charge is -2.18. The van der Waals surface area contributed by atoms with Crippen LogP contribution < -0.4 is 0 Å². The molecule has 20 heavy (non-hydrogen) atoms. The van der Waals surface area contributed by atoms with Gasteiger partial charge in [0, 0.05) is 5.57 Å². The lowest BCUT2D eigenvalue weighted by atomic mass is 10.2. The molecule has 0 unspecified atom stereocenters. The second kappa shape index (κ2) is 6.92. The van der Waals surface area contributed by atoms with E-state index in [1.807, 2.05) is 0 Å². The maximum Gasteiger partial charge on any atom is 0.378 e. The number of hydrogen-bond acceptors (Lipinski definition) is 8. The second-order valence-electron chi connectivity index (χ2n) is 4.05. The highest BCUT2D eigenvalue weighted by Gasteiger charge is 2.40. The quantitative estimate of drug-likeness (QED) is 0.315. The summed E-state index contributed by atoms with van der Waals surface area (Å²) in [6, 6.07) is 0. The molecule has 1 heterocycles. The first-order chi connectivity index (χ1) is 9.38. The molecular weight excluding hydrogens is 272 g/mol. The molecular formula is C12H16O8. The largest absolute Gasteiger partial charge is 0.499 e. The van der Waals surface area contributed by atoms with E-state index in [2.05, 4.69) is 11.3 Å². The molecule has 1 rings (SSSR count). The Balaban J connectivity index is 2.53. The lowest BCUT2D eigenvalue weighted by Crippen LogP contribution is -2.32. The summed E-state index contributed by atoms with van der Waals surface area (Å²) in [5.41, 5.74) is 0.222. The Kier molecular flexibility index (Phi) is 5.53. The fourth-order valence-corrected chi connectivity index (χ4v) is 1.37. The molecule has 0 amide bonds. The average Bonchev–Trinajstić information content (AvgIpc) is 2.70. The Morgan fingerprint density at radius 3 is 2.70 bits per heavy atom. The number of esters is 2. The summed E-state index contributed by atoms with van der Waals surface area (Å²) < 4.78 is 14.4. The summed E-state index contributed by atoms with van der Waals surface area (Å²) in [4.78, 5) is 22.2. The van der Waals surface area contributed by atoms with Crippen LogP contribution in [-0.2, 0) is 23.8 Å². The highest BCUT2D eigenvalue weighted by Crippen LogP contribution is 2.24. The van der Waals surface area contributed by atoms with Crippen molar-refractivity contribution in [3.8, 4) is 0 Å². The van der Waals surface area contributed by atoms with Crippen LogP contribution in [0.4, 0.5) is 0 Å². The molecule has 0 radical (unpaired) electrons. The number of aliphatic hydroxyl groups excluding tert-OH is 3. The zero-order valence-corrected chi connectivity index (χ0v) is 10.9. The van der Waals surface area contributed by atoms with E-state index in [1.165, 1.54) is 6.92 Å². The first-order valence-corrected chi connectivity index (χ1v) is 5.77. The molecule has 3 N–H and O–H groups in total. The molecule has 0 aromatic rings. The molecule has 112 valence electrons. The van der Waals surface area contributed by atoms with Crippen molar-refractivity contribution in [3.05, 3.63) is 23.7 Å². The Morgan fingerprint density at radius 2 is 2.15 bits per heavy atom. The minimum atomic E-state index is -1.42. The third-order valence-corrected chi connectivity index (χ3v) is 2.38. The molecule has 0 bridgehead atoms. The molecule has 8 heteroatoms. The average molecular weight is 288 g/mol. The maximum absolute atomic E-state index is 11.1. The van der Waals surface area contributed by atoms with E-state index in [9.17, 15) is 19.8 Å². The summed E-state index contributed by atoms with van der Waals surface area (Å²) in [5.74, 6) is -2.74. The molecule has 0 saturated carbocycles. The molecule has 0 saturated heterocycles. The topological polar surface area (TPSA) is 123 Å². The van der Waals surface area contributed by atoms with Crippen molar-refractivity contribution in [3.63, 3.8) is 0 Å². The van der Waals surface area contributed by atoms with Gasteiger partial charge in [0.15, 0.2) is 11.9 Å². The highest BCUT2D eigenvalue weighted by atomic mass is 16.6. The van der Waals surface area contributed by atoms with E-state index in [4.69, 9.17) is 14.6 Å². The van der Waals surface area contributed by atoms with Gasteiger partial charge >= 0.3 is 11.9 Å². The Hall–Kier alpha value is -2.06. The highest BCUT2D eigenvalue weighted by molar-refractivity contribution is 5.89. The van der Waals surface area contributed by atoms with Crippen LogP contribution in [0.2, 0.25) is 0 Å². The third kappa shape index (κ3) is 3.72. The van der Waals surface area contributed by atoms with Crippen LogP contribution in [0.5, 0.6) is 0 Å². The van der Waals surface area contributed by atoms with Gasteiger partial charge in [-0.15, -0.1) is 0 Å². The standard InChI is InChI=1S/C12H16O8/c1-6(2)11(16)19-4-3-18-10-8(15)12(17)20-9(10)7(14)5-13/h7,9,13-15H,1,3-5H2,2H3/t7-,9+/m0/s1. The van der Waals surface area contributed by atoms with Crippen molar-refractivity contribution in [2.45, 2.75) is 19.1 Å². The second-order valence-corrected chi connectivity index (χ2v) is 4.05. The van der Waals surface area contributed by atoms with E-state index < -0.39 is 36.5 Å². The summed E-state index contributed by atoms with van der Waals surface area (Å²) >= 11 is 0. The van der Waals surface area contributed by atoms with Gasteiger partial charge in [-0.1, -0.05) is 6.58 Å². The van der Waals surface area contributed by atoms with Crippen molar-refractivity contribution in [2.24, 2.45) is 0 Å². The SMILES string of the molecule is C=C(C)C(=O)OCCOC1=C(O)C(=O)O[C@@H]1[C@@H](O)CO. The Bertz CT molecular complexity index is 439. The number of aliphatic hydroxyl groups is 3. The first-order valence-electron chi connectivity index (χ1n) is 5.77. The molecule has 1 aliphatic rings. The Morgan fingerprint density at radius 1 is 1.50 bits per heavy atom. The number of rotatable bonds is 7. The van der Waals surface area contributed by atoms with Crippen LogP contribution in [0, 0.1) is 0 Å². The van der Waals surface area contributed by atoms with Crippen molar-refractivity contribution in [1.82, 2.24) is 0 Å². The fraction of sp³-hybridized carbons (Fsp3) is 0.500. The monoisotopic (exact) mass is 288 g/mol. The summed E-state index contributed by atoms with van der Waals surface area (Å²) in [5, 5.41) is 27.7. The van der Waals surface area contributed by atoms with Gasteiger partial charge in [-0.3, -0.25) is 0 Å². The minimum Gasteiger partial charge on any atom is -0.499 e. The Labute approximate surface area is 114 Å². The molecule has 2 atom stereocenters. The van der Waals surface area contributed by atoms with Gasteiger partial charge in [0.2, 0.25) is 5.76 Å². The first kappa shape index (κ1) is 16.0. The number of ether oxygens (including phenoxy) is 3. The lowest BCUT2D eigenvalue weighted by molar-refractivity contribution is -0.148. The van der Waals surface area contributed by atoms with Gasteiger partial charge in [-0.05, 0) is 6.92 Å². The van der Waals surface area contributed by atoms with Crippen LogP contribution >= 0.6 is 0 Å². The maximum atomic E-state index is 11.1. The minimum absolute atomic E-state index is 0.140. The van der Waals surface area contributed by atoms with Crippen molar-refractivity contribution >= 4 is 11.9 Å². The normalized spacial score (nSPS) is 19.6. The van der Waals surface area contributed by atoms with E-state index in [0.29, 0.717) is 0 Å². The predicted octanol–water partition coefficient (Wildman–Crippen LogP) is -0.830. The molecule has 8 nitrogen and oxygen atoms in total. The number of cyclic esters (lactones) is 1. The molecule has 0 spiro atoms. The van der Waals surface area contributed by atoms with E-state index >= 15 is 0 Å². The zero-order valence-electron chi connectivity index (χ0n) is 10.9. The van der Waals surface area contributed by atoms with Crippen molar-refractivity contribution in [2.75, 3.05) is 19.8 Å². The summed E-state index contributed by atoms with van der Waals surface area (Å²) in [6.45, 7) is 3.89. The molecule has 0 aliphatic carbocycles. The van der Waals surface area contributed by atoms with Gasteiger partial charge in [0.1, 0.15) is 19.3 Å². The van der Waals surface area contributed by atoms with Crippen LogP contribution in [0.15, 0.2) is 23.7 Å². The summed E-state index contributed by atoms with van der Waals surface area (Å²) in [6.07, 6.45) is -2.71. The predicted molar refractivity (Wildman–Crippen MR) is 64.4 cm³/mol. The van der Waals surface area contributed by atoms with Gasteiger partial charge in [-0.2, -0.15) is 0 Å². The molecule has 0 aromatic heterocycles. The van der Waals surface area contributed by atoms with Gasteiger partial charge in [-0.25, -0.2) is 9.59 Å². The number of carbonyl (C=O) groups is 2. The van der Waals surface area contributed by atoms with E-state index in [0.717, 1.165) is 0 Å². The van der Waals surface area contributed by atoms with Gasteiger partial charge < -0.3 is 29.5 Å². The van der Waals surface area contributed by atoms with Crippen LogP contribution in [-0.4, -0.2) is 59.3 Å². The fourth-order valence-electron chi connectivity index (χ4n) is 1.37. The summed E-state index contributed by atoms with van der Waals surface area (Å²) in [7, 11) is 0. The van der Waals surface area contributed by atoms with Gasteiger partial charge in [0.25, 0.3) is 0 Å². The van der Waals surface area contributed by atoms with E-state index in [1.54, 1.807) is 0 Å². The van der Waals surface area contributed by atoms with Crippen LogP contribution in [0.25, 0.3) is 0 Å². The number of carbonyl (C=O) groups excluding carboxylic acids is 2. The van der Waals surface area contributed by atoms with Crippen molar-refractivity contribution < 1.29 is 39.1 Å². The van der Waals surface area contributed by atoms with Crippen LogP contribution in [0.3, 0.4) is 0 Å². The third-order valence-electron chi connectivity index (χ3n) is 2.38. The smallest absolute Gasteiger partial charge is 0.378 e. The molecule has 0 aromatic carbocycles. The molecule has 0 fully saturated rings. The zero-order chi connectivity index (χ0) is 15.3.